The van der Waals surface area contributed by atoms with Crippen LogP contribution in [0, 0.1) is 17.3 Å². The molecule has 0 aromatic heterocycles. The van der Waals surface area contributed by atoms with Crippen molar-refractivity contribution in [2.75, 3.05) is 44.9 Å². The number of sulfone groups is 1. The molecule has 234 valence electrons. The van der Waals surface area contributed by atoms with E-state index in [1.165, 1.54) is 7.05 Å². The van der Waals surface area contributed by atoms with Crippen LogP contribution in [0.4, 0.5) is 13.2 Å². The molecule has 14 heteroatoms. The second-order valence-electron chi connectivity index (χ2n) is 13.3. The Hall–Kier alpha value is -0.700. The number of nitrogens with zero attached hydrogens (tertiary/aromatic N) is 3. The predicted octanol–water partition coefficient (Wildman–Crippen LogP) is 2.31. The summed E-state index contributed by atoms with van der Waals surface area (Å²) in [5.74, 6) is -2.20. The number of amides is 1. The van der Waals surface area contributed by atoms with Crippen molar-refractivity contribution in [2.24, 2.45) is 17.3 Å². The molecule has 4 unspecified atom stereocenters. The average molecular weight is 626 g/mol. The van der Waals surface area contributed by atoms with Crippen molar-refractivity contribution in [3.63, 3.8) is 0 Å². The lowest BCUT2D eigenvalue weighted by atomic mass is 9.68. The highest BCUT2D eigenvalue weighted by molar-refractivity contribution is 7.91. The van der Waals surface area contributed by atoms with E-state index in [0.717, 1.165) is 50.5 Å². The molecular weight excluding hydrogens is 583 g/mol. The van der Waals surface area contributed by atoms with Crippen molar-refractivity contribution in [2.45, 2.75) is 99.8 Å². The molecule has 6 atom stereocenters. The Balaban J connectivity index is 1.14. The Morgan fingerprint density at radius 2 is 1.83 bits per heavy atom. The third-order valence-corrected chi connectivity index (χ3v) is 13.0. The van der Waals surface area contributed by atoms with Crippen molar-refractivity contribution in [3.8, 4) is 0 Å². The topological polar surface area (TPSA) is 94.2 Å². The number of piperidine rings is 1. The smallest absolute Gasteiger partial charge is 0.381 e. The van der Waals surface area contributed by atoms with Crippen LogP contribution in [0.1, 0.15) is 57.8 Å². The van der Waals surface area contributed by atoms with Crippen LogP contribution in [0.25, 0.3) is 0 Å². The van der Waals surface area contributed by atoms with E-state index in [4.69, 9.17) is 16.3 Å². The number of carbonyl (C=O) groups is 1. The van der Waals surface area contributed by atoms with Crippen molar-refractivity contribution >= 4 is 27.3 Å². The molecule has 6 fully saturated rings. The van der Waals surface area contributed by atoms with Crippen LogP contribution >= 0.6 is 11.6 Å². The Bertz CT molecular complexity index is 1070. The zero-order valence-corrected chi connectivity index (χ0v) is 25.2. The Kier molecular flexibility index (Phi) is 8.39. The summed E-state index contributed by atoms with van der Waals surface area (Å²) in [4.78, 5) is 16.6. The van der Waals surface area contributed by atoms with Gasteiger partial charge in [0.1, 0.15) is 15.9 Å². The van der Waals surface area contributed by atoms with Crippen LogP contribution in [0.5, 0.6) is 0 Å². The monoisotopic (exact) mass is 625 g/mol. The first kappa shape index (κ1) is 30.3. The van der Waals surface area contributed by atoms with Crippen LogP contribution in [-0.4, -0.2) is 116 Å². The SMILES string of the molecule is CN(C(=O)C1CCS(=O)(=O)CC1)[C@@H](C1CCC(N2CC[C@]3(CCOC3)C3C2CNC2CC(Cl)NN23)CC1)C(F)(F)F. The second kappa shape index (κ2) is 11.3. The fourth-order valence-electron chi connectivity index (χ4n) is 8.91. The maximum atomic E-state index is 14.5. The van der Waals surface area contributed by atoms with E-state index in [9.17, 15) is 26.4 Å². The van der Waals surface area contributed by atoms with Crippen molar-refractivity contribution in [3.05, 3.63) is 0 Å². The molecule has 0 aromatic carbocycles. The van der Waals surface area contributed by atoms with Crippen LogP contribution in [-0.2, 0) is 19.4 Å². The highest BCUT2D eigenvalue weighted by Gasteiger charge is 2.59. The second-order valence-corrected chi connectivity index (χ2v) is 16.1. The molecule has 0 aromatic rings. The van der Waals surface area contributed by atoms with E-state index in [2.05, 4.69) is 20.7 Å². The number of hydrogen-bond acceptors (Lipinski definition) is 8. The highest BCUT2D eigenvalue weighted by Crippen LogP contribution is 2.49. The van der Waals surface area contributed by atoms with Gasteiger partial charge in [-0.2, -0.15) is 13.2 Å². The van der Waals surface area contributed by atoms with E-state index in [1.54, 1.807) is 0 Å². The summed E-state index contributed by atoms with van der Waals surface area (Å²) in [6.45, 7) is 3.20. The van der Waals surface area contributed by atoms with Gasteiger partial charge >= 0.3 is 6.18 Å². The van der Waals surface area contributed by atoms with Crippen LogP contribution in [0.2, 0.25) is 0 Å². The van der Waals surface area contributed by atoms with Crippen molar-refractivity contribution in [1.29, 1.82) is 0 Å². The van der Waals surface area contributed by atoms with Gasteiger partial charge in [0.15, 0.2) is 0 Å². The van der Waals surface area contributed by atoms with E-state index in [1.807, 2.05) is 0 Å². The normalized spacial score (nSPS) is 41.2. The third kappa shape index (κ3) is 5.78. The van der Waals surface area contributed by atoms with Gasteiger partial charge in [0.2, 0.25) is 5.91 Å². The zero-order chi connectivity index (χ0) is 29.2. The molecule has 1 amide bonds. The maximum absolute atomic E-state index is 14.5. The molecule has 1 saturated carbocycles. The summed E-state index contributed by atoms with van der Waals surface area (Å²) in [6, 6.07) is -1.24. The first-order valence-electron chi connectivity index (χ1n) is 15.2. The number of halogens is 4. The molecule has 41 heavy (non-hydrogen) atoms. The molecule has 0 radical (unpaired) electrons. The zero-order valence-electron chi connectivity index (χ0n) is 23.6. The quantitative estimate of drug-likeness (QED) is 0.363. The number of carbonyl (C=O) groups excluding carboxylic acids is 1. The number of fused-ring (bicyclic) bond motifs is 4. The molecule has 9 nitrogen and oxygen atoms in total. The van der Waals surface area contributed by atoms with E-state index >= 15 is 0 Å². The number of likely N-dealkylation sites (tertiary alicyclic amines) is 1. The molecule has 5 heterocycles. The van der Waals surface area contributed by atoms with Gasteiger partial charge in [-0.05, 0) is 63.8 Å². The summed E-state index contributed by atoms with van der Waals surface area (Å²) in [7, 11) is -1.95. The fraction of sp³-hybridized carbons (Fsp3) is 0.963. The summed E-state index contributed by atoms with van der Waals surface area (Å²) in [6.07, 6.45) is 0.728. The van der Waals surface area contributed by atoms with Crippen molar-refractivity contribution < 1.29 is 31.1 Å². The van der Waals surface area contributed by atoms with E-state index in [0.29, 0.717) is 25.7 Å². The van der Waals surface area contributed by atoms with Gasteiger partial charge in [0, 0.05) is 50.0 Å². The summed E-state index contributed by atoms with van der Waals surface area (Å²) in [5.41, 5.74) is 3.40. The fourth-order valence-corrected chi connectivity index (χ4v) is 10.7. The molecule has 0 bridgehead atoms. The number of hydrazine groups is 1. The number of rotatable bonds is 4. The van der Waals surface area contributed by atoms with Gasteiger partial charge < -0.3 is 9.64 Å². The summed E-state index contributed by atoms with van der Waals surface area (Å²) < 4.78 is 72.9. The van der Waals surface area contributed by atoms with Gasteiger partial charge in [-0.15, -0.1) is 11.6 Å². The minimum atomic E-state index is -4.55. The molecule has 5 aliphatic heterocycles. The van der Waals surface area contributed by atoms with E-state index < -0.39 is 39.8 Å². The molecule has 6 aliphatic rings. The average Bonchev–Trinajstić information content (AvgIpc) is 3.54. The molecular formula is C27H43ClF3N5O4S. The minimum absolute atomic E-state index is 0.0512. The number of nitrogens with one attached hydrogen (secondary N) is 2. The van der Waals surface area contributed by atoms with Gasteiger partial charge in [0.05, 0.1) is 35.8 Å². The third-order valence-electron chi connectivity index (χ3n) is 11.0. The maximum Gasteiger partial charge on any atom is 0.409 e. The largest absolute Gasteiger partial charge is 0.409 e. The molecule has 1 spiro atoms. The molecule has 1 aliphatic carbocycles. The lowest BCUT2D eigenvalue weighted by Gasteiger charge is -2.59. The number of alkyl halides is 4. The summed E-state index contributed by atoms with van der Waals surface area (Å²) in [5, 5.41) is 5.98. The van der Waals surface area contributed by atoms with Gasteiger partial charge in [-0.25, -0.2) is 18.9 Å². The van der Waals surface area contributed by atoms with Crippen molar-refractivity contribution in [1.82, 2.24) is 25.6 Å². The van der Waals surface area contributed by atoms with Crippen LogP contribution in [0.3, 0.4) is 0 Å². The van der Waals surface area contributed by atoms with Gasteiger partial charge in [0.25, 0.3) is 0 Å². The van der Waals surface area contributed by atoms with Crippen LogP contribution < -0.4 is 10.7 Å². The predicted molar refractivity (Wildman–Crippen MR) is 148 cm³/mol. The summed E-state index contributed by atoms with van der Waals surface area (Å²) >= 11 is 6.51. The number of hydrogen-bond donors (Lipinski definition) is 2. The lowest BCUT2D eigenvalue weighted by molar-refractivity contribution is -0.203. The standard InChI is InChI=1S/C27H43ClF3N5O4S/c1-34(25(37)18-6-12-41(38,39)13-7-18)23(27(29,30)31)17-2-4-19(5-3-17)35-10-8-26(9-11-40-16-26)24-20(35)15-32-22-14-21(28)33-36(22)24/h17-24,32-33H,2-16H2,1H3/t17?,19?,20?,21?,22?,23-,24?,26+/m0/s1. The molecule has 5 saturated heterocycles. The number of ether oxygens (including phenoxy) is 1. The van der Waals surface area contributed by atoms with Gasteiger partial charge in [-0.3, -0.25) is 15.0 Å². The van der Waals surface area contributed by atoms with Gasteiger partial charge in [-0.1, -0.05) is 0 Å². The first-order chi connectivity index (χ1) is 19.4. The Labute approximate surface area is 245 Å². The highest BCUT2D eigenvalue weighted by atomic mass is 35.5. The minimum Gasteiger partial charge on any atom is -0.381 e. The molecule has 2 N–H and O–H groups in total. The first-order valence-corrected chi connectivity index (χ1v) is 17.4. The lowest BCUT2D eigenvalue weighted by Crippen LogP contribution is -2.75. The molecule has 6 rings (SSSR count). The Morgan fingerprint density at radius 3 is 2.46 bits per heavy atom. The van der Waals surface area contributed by atoms with E-state index in [-0.39, 0.29) is 59.6 Å². The van der Waals surface area contributed by atoms with Crippen LogP contribution in [0.15, 0.2) is 0 Å². The Morgan fingerprint density at radius 1 is 1.12 bits per heavy atom.